The van der Waals surface area contributed by atoms with Crippen molar-refractivity contribution in [3.05, 3.63) is 28.3 Å². The van der Waals surface area contributed by atoms with Crippen LogP contribution >= 0.6 is 0 Å². The summed E-state index contributed by atoms with van der Waals surface area (Å²) in [5.41, 5.74) is -0.0915. The molecule has 0 saturated carbocycles. The van der Waals surface area contributed by atoms with Crippen LogP contribution in [0.3, 0.4) is 0 Å². The van der Waals surface area contributed by atoms with Gasteiger partial charge in [-0.3, -0.25) is 10.1 Å². The lowest BCUT2D eigenvalue weighted by Gasteiger charge is -2.18. The fraction of sp³-hybridized carbons (Fsp3) is 0.455. The van der Waals surface area contributed by atoms with E-state index in [1.807, 2.05) is 0 Å². The quantitative estimate of drug-likeness (QED) is 0.589. The first-order valence-corrected chi connectivity index (χ1v) is 7.24. The number of nitrogens with zero attached hydrogens (tertiary/aromatic N) is 2. The molecule has 0 bridgehead atoms. The van der Waals surface area contributed by atoms with Gasteiger partial charge in [-0.05, 0) is 19.1 Å². The number of likely N-dealkylation sites (N-methyl/N-ethyl adjacent to an activating group) is 1. The molecule has 9 heteroatoms. The average Bonchev–Trinajstić information content (AvgIpc) is 2.36. The number of nitro benzene ring substituents is 1. The third kappa shape index (κ3) is 3.44. The van der Waals surface area contributed by atoms with E-state index < -0.39 is 21.1 Å². The van der Waals surface area contributed by atoms with E-state index in [0.29, 0.717) is 0 Å². The highest BCUT2D eigenvalue weighted by Crippen LogP contribution is 2.28. The average molecular weight is 303 g/mol. The number of aliphatic hydroxyl groups is 1. The number of anilines is 1. The van der Waals surface area contributed by atoms with Crippen molar-refractivity contribution in [1.29, 1.82) is 0 Å². The van der Waals surface area contributed by atoms with Crippen molar-refractivity contribution in [3.63, 3.8) is 0 Å². The number of hydrogen-bond acceptors (Lipinski definition) is 6. The van der Waals surface area contributed by atoms with Gasteiger partial charge in [-0.2, -0.15) is 4.31 Å². The predicted octanol–water partition coefficient (Wildman–Crippen LogP) is 0.638. The molecule has 1 aromatic rings. The third-order valence-corrected chi connectivity index (χ3v) is 4.48. The van der Waals surface area contributed by atoms with E-state index >= 15 is 0 Å². The van der Waals surface area contributed by atoms with Crippen LogP contribution in [0, 0.1) is 10.1 Å². The molecule has 0 saturated heterocycles. The first-order valence-electron chi connectivity index (χ1n) is 5.80. The Labute approximate surface area is 117 Å². The molecule has 1 atom stereocenters. The summed E-state index contributed by atoms with van der Waals surface area (Å²) in [6.45, 7) is 1.36. The predicted molar refractivity (Wildman–Crippen MR) is 74.1 cm³/mol. The maximum atomic E-state index is 12.2. The van der Waals surface area contributed by atoms with E-state index in [9.17, 15) is 23.6 Å². The van der Waals surface area contributed by atoms with E-state index in [-0.39, 0.29) is 22.8 Å². The van der Waals surface area contributed by atoms with Gasteiger partial charge in [-0.15, -0.1) is 0 Å². The molecule has 0 aromatic heterocycles. The Morgan fingerprint density at radius 2 is 2.10 bits per heavy atom. The van der Waals surface area contributed by atoms with E-state index in [4.69, 9.17) is 0 Å². The molecule has 0 aliphatic rings. The lowest BCUT2D eigenvalue weighted by Crippen LogP contribution is -2.33. The van der Waals surface area contributed by atoms with E-state index in [1.165, 1.54) is 33.2 Å². The number of aliphatic hydroxyl groups excluding tert-OH is 1. The van der Waals surface area contributed by atoms with E-state index in [1.54, 1.807) is 0 Å². The molecule has 0 aliphatic carbocycles. The highest BCUT2D eigenvalue weighted by atomic mass is 32.2. The SMILES string of the molecule is CNc1ccc(S(=O)(=O)N(C)CC(C)O)cc1[N+](=O)[O-]. The summed E-state index contributed by atoms with van der Waals surface area (Å²) in [6.07, 6.45) is -0.832. The van der Waals surface area contributed by atoms with Crippen LogP contribution in [0.2, 0.25) is 0 Å². The Morgan fingerprint density at radius 1 is 1.50 bits per heavy atom. The van der Waals surface area contributed by atoms with Crippen molar-refractivity contribution >= 4 is 21.4 Å². The first kappa shape index (κ1) is 16.3. The molecule has 1 rings (SSSR count). The summed E-state index contributed by atoms with van der Waals surface area (Å²) in [5, 5.41) is 22.8. The molecular weight excluding hydrogens is 286 g/mol. The van der Waals surface area contributed by atoms with Gasteiger partial charge in [0.1, 0.15) is 5.69 Å². The highest BCUT2D eigenvalue weighted by Gasteiger charge is 2.25. The molecule has 0 fully saturated rings. The lowest BCUT2D eigenvalue weighted by atomic mass is 10.3. The topological polar surface area (TPSA) is 113 Å². The molecule has 0 heterocycles. The summed E-state index contributed by atoms with van der Waals surface area (Å²) < 4.78 is 25.4. The summed E-state index contributed by atoms with van der Waals surface area (Å²) in [5.74, 6) is 0. The van der Waals surface area contributed by atoms with Gasteiger partial charge in [-0.1, -0.05) is 0 Å². The molecule has 2 N–H and O–H groups in total. The van der Waals surface area contributed by atoms with Crippen LogP contribution in [0.25, 0.3) is 0 Å². The van der Waals surface area contributed by atoms with Crippen molar-refractivity contribution in [2.24, 2.45) is 0 Å². The van der Waals surface area contributed by atoms with Gasteiger partial charge < -0.3 is 10.4 Å². The largest absolute Gasteiger partial charge is 0.392 e. The van der Waals surface area contributed by atoms with Crippen molar-refractivity contribution in [3.8, 4) is 0 Å². The molecule has 0 spiro atoms. The first-order chi connectivity index (χ1) is 9.20. The van der Waals surface area contributed by atoms with Crippen LogP contribution < -0.4 is 5.32 Å². The molecule has 0 aliphatic heterocycles. The van der Waals surface area contributed by atoms with E-state index in [0.717, 1.165) is 10.4 Å². The summed E-state index contributed by atoms with van der Waals surface area (Å²) >= 11 is 0. The van der Waals surface area contributed by atoms with Gasteiger partial charge in [0.15, 0.2) is 0 Å². The molecule has 0 radical (unpaired) electrons. The summed E-state index contributed by atoms with van der Waals surface area (Å²) in [7, 11) is -1.06. The third-order valence-electron chi connectivity index (χ3n) is 2.66. The minimum atomic E-state index is -3.87. The normalized spacial score (nSPS) is 13.2. The zero-order valence-electron chi connectivity index (χ0n) is 11.4. The molecular formula is C11H17N3O5S. The monoisotopic (exact) mass is 303 g/mol. The summed E-state index contributed by atoms with van der Waals surface area (Å²) in [4.78, 5) is 10.1. The Kier molecular flexibility index (Phi) is 5.03. The van der Waals surface area contributed by atoms with Gasteiger partial charge in [0.25, 0.3) is 5.69 Å². The molecule has 0 amide bonds. The second kappa shape index (κ2) is 6.16. The van der Waals surface area contributed by atoms with Gasteiger partial charge >= 0.3 is 0 Å². The number of nitrogens with one attached hydrogen (secondary N) is 1. The second-order valence-corrected chi connectivity index (χ2v) is 6.37. The van der Waals surface area contributed by atoms with Gasteiger partial charge in [0.2, 0.25) is 10.0 Å². The standard InChI is InChI=1S/C11H17N3O5S/c1-8(15)7-13(3)20(18,19)9-4-5-10(12-2)11(6-9)14(16)17/h4-6,8,12,15H,7H2,1-3H3. The van der Waals surface area contributed by atoms with Crippen molar-refractivity contribution in [2.45, 2.75) is 17.9 Å². The number of hydrogen-bond donors (Lipinski definition) is 2. The number of sulfonamides is 1. The highest BCUT2D eigenvalue weighted by molar-refractivity contribution is 7.89. The van der Waals surface area contributed by atoms with Crippen LogP contribution in [0.15, 0.2) is 23.1 Å². The van der Waals surface area contributed by atoms with Gasteiger partial charge in [-0.25, -0.2) is 8.42 Å². The van der Waals surface area contributed by atoms with Crippen LogP contribution in [0.4, 0.5) is 11.4 Å². The number of nitro groups is 1. The fourth-order valence-corrected chi connectivity index (χ4v) is 2.96. The maximum absolute atomic E-state index is 12.2. The fourth-order valence-electron chi connectivity index (χ4n) is 1.68. The molecule has 20 heavy (non-hydrogen) atoms. The van der Waals surface area contributed by atoms with Crippen molar-refractivity contribution in [1.82, 2.24) is 4.31 Å². The zero-order chi connectivity index (χ0) is 15.5. The van der Waals surface area contributed by atoms with Gasteiger partial charge in [0, 0.05) is 26.7 Å². The van der Waals surface area contributed by atoms with Gasteiger partial charge in [0.05, 0.1) is 15.9 Å². The zero-order valence-corrected chi connectivity index (χ0v) is 12.2. The van der Waals surface area contributed by atoms with Crippen LogP contribution in [0.1, 0.15) is 6.92 Å². The Balaban J connectivity index is 3.26. The van der Waals surface area contributed by atoms with Crippen LogP contribution in [-0.2, 0) is 10.0 Å². The number of benzene rings is 1. The Bertz CT molecular complexity index is 600. The van der Waals surface area contributed by atoms with Crippen LogP contribution in [0.5, 0.6) is 0 Å². The lowest BCUT2D eigenvalue weighted by molar-refractivity contribution is -0.384. The van der Waals surface area contributed by atoms with Crippen LogP contribution in [-0.4, -0.2) is 49.5 Å². The smallest absolute Gasteiger partial charge is 0.293 e. The maximum Gasteiger partial charge on any atom is 0.293 e. The molecule has 8 nitrogen and oxygen atoms in total. The Morgan fingerprint density at radius 3 is 2.55 bits per heavy atom. The van der Waals surface area contributed by atoms with Crippen molar-refractivity contribution in [2.75, 3.05) is 26.0 Å². The van der Waals surface area contributed by atoms with E-state index in [2.05, 4.69) is 5.32 Å². The minimum absolute atomic E-state index is 0.0933. The molecule has 1 unspecified atom stereocenters. The number of rotatable bonds is 6. The molecule has 112 valence electrons. The minimum Gasteiger partial charge on any atom is -0.392 e. The second-order valence-electron chi connectivity index (χ2n) is 4.32. The Hall–Kier alpha value is -1.71. The van der Waals surface area contributed by atoms with Crippen molar-refractivity contribution < 1.29 is 18.4 Å². The summed E-state index contributed by atoms with van der Waals surface area (Å²) in [6, 6.07) is 3.62. The molecule has 1 aromatic carbocycles.